The molecule has 2 aromatic rings. The molecule has 0 spiro atoms. The van der Waals surface area contributed by atoms with Crippen molar-refractivity contribution in [3.8, 4) is 0 Å². The van der Waals surface area contributed by atoms with Crippen molar-refractivity contribution in [1.29, 1.82) is 0 Å². The van der Waals surface area contributed by atoms with E-state index in [1.807, 2.05) is 6.20 Å². The zero-order chi connectivity index (χ0) is 16.7. The molecule has 0 aliphatic rings. The Bertz CT molecular complexity index is 678. The first-order valence-electron chi connectivity index (χ1n) is 7.44. The van der Waals surface area contributed by atoms with Crippen LogP contribution in [0.25, 0.3) is 0 Å². The number of nitrogens with zero attached hydrogens (tertiary/aromatic N) is 2. The van der Waals surface area contributed by atoms with E-state index in [-0.39, 0.29) is 29.8 Å². The van der Waals surface area contributed by atoms with Gasteiger partial charge in [0.15, 0.2) is 5.96 Å². The van der Waals surface area contributed by atoms with Gasteiger partial charge < -0.3 is 10.6 Å². The molecule has 0 unspecified atom stereocenters. The molecule has 0 radical (unpaired) electrons. The highest BCUT2D eigenvalue weighted by molar-refractivity contribution is 14.0. The Labute approximate surface area is 171 Å². The van der Waals surface area contributed by atoms with Gasteiger partial charge in [0.05, 0.1) is 6.54 Å². The minimum absolute atomic E-state index is 0. The van der Waals surface area contributed by atoms with Crippen molar-refractivity contribution in [2.24, 2.45) is 4.99 Å². The van der Waals surface area contributed by atoms with E-state index in [1.54, 1.807) is 30.5 Å². The normalized spacial score (nSPS) is 11.1. The van der Waals surface area contributed by atoms with Gasteiger partial charge in [-0.15, -0.1) is 35.3 Å². The SMILES string of the molecule is CCc1cnc(CNC(=NC)NCCc2cc(Br)ccc2F)s1.I. The van der Waals surface area contributed by atoms with Gasteiger partial charge in [0.1, 0.15) is 10.8 Å². The average Bonchev–Trinajstić information content (AvgIpc) is 3.02. The summed E-state index contributed by atoms with van der Waals surface area (Å²) in [5.41, 5.74) is 0.676. The minimum Gasteiger partial charge on any atom is -0.356 e. The summed E-state index contributed by atoms with van der Waals surface area (Å²) in [7, 11) is 1.72. The summed E-state index contributed by atoms with van der Waals surface area (Å²) in [5.74, 6) is 0.501. The molecule has 0 aliphatic heterocycles. The van der Waals surface area contributed by atoms with Gasteiger partial charge >= 0.3 is 0 Å². The molecular formula is C16H21BrFIN4S. The highest BCUT2D eigenvalue weighted by Crippen LogP contribution is 2.15. The number of aromatic nitrogens is 1. The fourth-order valence-electron chi connectivity index (χ4n) is 2.02. The molecule has 1 heterocycles. The van der Waals surface area contributed by atoms with E-state index in [0.29, 0.717) is 31.0 Å². The fraction of sp³-hybridized carbons (Fsp3) is 0.375. The van der Waals surface area contributed by atoms with Crippen LogP contribution in [0.1, 0.15) is 22.4 Å². The maximum absolute atomic E-state index is 13.7. The molecule has 24 heavy (non-hydrogen) atoms. The van der Waals surface area contributed by atoms with Crippen molar-refractivity contribution >= 4 is 57.2 Å². The number of guanidine groups is 1. The first kappa shape index (κ1) is 21.3. The van der Waals surface area contributed by atoms with Gasteiger partial charge in [-0.05, 0) is 36.6 Å². The molecule has 132 valence electrons. The molecule has 0 saturated heterocycles. The van der Waals surface area contributed by atoms with Crippen LogP contribution in [0, 0.1) is 5.82 Å². The van der Waals surface area contributed by atoms with Crippen LogP contribution in [0.15, 0.2) is 33.9 Å². The second-order valence-corrected chi connectivity index (χ2v) is 7.03. The van der Waals surface area contributed by atoms with E-state index in [1.165, 1.54) is 10.9 Å². The van der Waals surface area contributed by atoms with Crippen LogP contribution in [-0.4, -0.2) is 24.5 Å². The molecule has 1 aromatic carbocycles. The van der Waals surface area contributed by atoms with Gasteiger partial charge in [-0.25, -0.2) is 9.37 Å². The van der Waals surface area contributed by atoms with Gasteiger partial charge in [-0.1, -0.05) is 22.9 Å². The smallest absolute Gasteiger partial charge is 0.191 e. The number of aliphatic imine (C=N–C) groups is 1. The van der Waals surface area contributed by atoms with E-state index < -0.39 is 0 Å². The highest BCUT2D eigenvalue weighted by Gasteiger charge is 2.05. The molecule has 4 nitrogen and oxygen atoms in total. The van der Waals surface area contributed by atoms with Crippen molar-refractivity contribution in [2.75, 3.05) is 13.6 Å². The highest BCUT2D eigenvalue weighted by atomic mass is 127. The van der Waals surface area contributed by atoms with Gasteiger partial charge in [0, 0.05) is 29.1 Å². The number of hydrogen-bond acceptors (Lipinski definition) is 3. The average molecular weight is 527 g/mol. The van der Waals surface area contributed by atoms with Crippen LogP contribution >= 0.6 is 51.2 Å². The number of thiazole rings is 1. The summed E-state index contributed by atoms with van der Waals surface area (Å²) in [6.07, 6.45) is 3.50. The number of halogens is 3. The quantitative estimate of drug-likeness (QED) is 0.338. The Morgan fingerprint density at radius 2 is 2.17 bits per heavy atom. The second kappa shape index (κ2) is 11.0. The second-order valence-electron chi connectivity index (χ2n) is 4.91. The maximum atomic E-state index is 13.7. The third-order valence-corrected chi connectivity index (χ3v) is 4.91. The lowest BCUT2D eigenvalue weighted by molar-refractivity contribution is 0.606. The van der Waals surface area contributed by atoms with Crippen LogP contribution in [0.5, 0.6) is 0 Å². The van der Waals surface area contributed by atoms with Crippen LogP contribution in [0.2, 0.25) is 0 Å². The molecule has 0 saturated carbocycles. The maximum Gasteiger partial charge on any atom is 0.191 e. The van der Waals surface area contributed by atoms with Crippen LogP contribution in [0.3, 0.4) is 0 Å². The minimum atomic E-state index is -0.187. The van der Waals surface area contributed by atoms with Crippen molar-refractivity contribution < 1.29 is 4.39 Å². The number of nitrogens with one attached hydrogen (secondary N) is 2. The largest absolute Gasteiger partial charge is 0.356 e. The summed E-state index contributed by atoms with van der Waals surface area (Å²) < 4.78 is 14.6. The lowest BCUT2D eigenvalue weighted by atomic mass is 10.1. The summed E-state index contributed by atoms with van der Waals surface area (Å²) in [6, 6.07) is 4.97. The molecule has 2 N–H and O–H groups in total. The zero-order valence-electron chi connectivity index (χ0n) is 13.6. The van der Waals surface area contributed by atoms with Crippen molar-refractivity contribution in [3.63, 3.8) is 0 Å². The van der Waals surface area contributed by atoms with Crippen molar-refractivity contribution in [2.45, 2.75) is 26.3 Å². The number of rotatable bonds is 6. The molecule has 0 fully saturated rings. The van der Waals surface area contributed by atoms with E-state index >= 15 is 0 Å². The Balaban J connectivity index is 0.00000288. The van der Waals surface area contributed by atoms with Gasteiger partial charge in [0.25, 0.3) is 0 Å². The molecule has 0 amide bonds. The van der Waals surface area contributed by atoms with Gasteiger partial charge in [-0.2, -0.15) is 0 Å². The Kier molecular flexibility index (Phi) is 9.75. The van der Waals surface area contributed by atoms with E-state index in [0.717, 1.165) is 15.9 Å². The van der Waals surface area contributed by atoms with E-state index in [9.17, 15) is 4.39 Å². The standard InChI is InChI=1S/C16H20BrFN4S.HI/c1-3-13-9-21-15(23-13)10-22-16(19-2)20-7-6-11-8-12(17)4-5-14(11)18;/h4-5,8-9H,3,6-7,10H2,1-2H3,(H2,19,20,22);1H. The van der Waals surface area contributed by atoms with Crippen LogP contribution < -0.4 is 10.6 Å². The van der Waals surface area contributed by atoms with E-state index in [4.69, 9.17) is 0 Å². The fourth-order valence-corrected chi connectivity index (χ4v) is 3.23. The van der Waals surface area contributed by atoms with Crippen LogP contribution in [-0.2, 0) is 19.4 Å². The van der Waals surface area contributed by atoms with Crippen molar-refractivity contribution in [1.82, 2.24) is 15.6 Å². The molecule has 0 bridgehead atoms. The topological polar surface area (TPSA) is 49.3 Å². The monoisotopic (exact) mass is 526 g/mol. The van der Waals surface area contributed by atoms with Crippen molar-refractivity contribution in [3.05, 3.63) is 50.1 Å². The summed E-state index contributed by atoms with van der Waals surface area (Å²) >= 11 is 5.06. The summed E-state index contributed by atoms with van der Waals surface area (Å²) in [5, 5.41) is 7.44. The summed E-state index contributed by atoms with van der Waals surface area (Å²) in [4.78, 5) is 9.80. The molecule has 0 aliphatic carbocycles. The molecular weight excluding hydrogens is 506 g/mol. The third-order valence-electron chi connectivity index (χ3n) is 3.28. The predicted molar refractivity (Wildman–Crippen MR) is 113 cm³/mol. The molecule has 2 rings (SSSR count). The first-order valence-corrected chi connectivity index (χ1v) is 9.05. The summed E-state index contributed by atoms with van der Waals surface area (Å²) in [6.45, 7) is 3.35. The zero-order valence-corrected chi connectivity index (χ0v) is 18.3. The molecule has 8 heteroatoms. The number of benzene rings is 1. The lowest BCUT2D eigenvalue weighted by Gasteiger charge is -2.11. The van der Waals surface area contributed by atoms with Crippen LogP contribution in [0.4, 0.5) is 4.39 Å². The Morgan fingerprint density at radius 1 is 1.38 bits per heavy atom. The third kappa shape index (κ3) is 6.64. The van der Waals surface area contributed by atoms with E-state index in [2.05, 4.69) is 43.5 Å². The Morgan fingerprint density at radius 3 is 2.83 bits per heavy atom. The first-order chi connectivity index (χ1) is 11.1. The lowest BCUT2D eigenvalue weighted by Crippen LogP contribution is -2.37. The molecule has 1 aromatic heterocycles. The molecule has 0 atom stereocenters. The van der Waals surface area contributed by atoms with Gasteiger partial charge in [0.2, 0.25) is 0 Å². The number of aryl methyl sites for hydroxylation is 1. The van der Waals surface area contributed by atoms with Gasteiger partial charge in [-0.3, -0.25) is 4.99 Å². The number of hydrogen-bond donors (Lipinski definition) is 2. The Hall–Kier alpha value is -0.740. The predicted octanol–water partition coefficient (Wildman–Crippen LogP) is 4.13.